The van der Waals surface area contributed by atoms with E-state index in [1.807, 2.05) is 4.90 Å². The fourth-order valence-corrected chi connectivity index (χ4v) is 4.07. The van der Waals surface area contributed by atoms with Gasteiger partial charge in [-0.15, -0.1) is 0 Å². The van der Waals surface area contributed by atoms with Crippen LogP contribution in [0.1, 0.15) is 55.3 Å². The minimum atomic E-state index is 0.00542. The Labute approximate surface area is 155 Å². The van der Waals surface area contributed by atoms with Gasteiger partial charge in [0.05, 0.1) is 0 Å². The van der Waals surface area contributed by atoms with Gasteiger partial charge >= 0.3 is 0 Å². The van der Waals surface area contributed by atoms with Crippen LogP contribution in [0.4, 0.5) is 0 Å². The van der Waals surface area contributed by atoms with Gasteiger partial charge in [-0.05, 0) is 37.1 Å². The van der Waals surface area contributed by atoms with Crippen molar-refractivity contribution in [3.8, 4) is 0 Å². The van der Waals surface area contributed by atoms with E-state index in [2.05, 4.69) is 4.90 Å². The average Bonchev–Trinajstić information content (AvgIpc) is 2.67. The van der Waals surface area contributed by atoms with E-state index in [0.29, 0.717) is 17.0 Å². The summed E-state index contributed by atoms with van der Waals surface area (Å²) in [6.07, 6.45) is 7.24. The molecule has 5 heteroatoms. The zero-order valence-electron chi connectivity index (χ0n) is 14.8. The summed E-state index contributed by atoms with van der Waals surface area (Å²) in [7, 11) is 0. The lowest BCUT2D eigenvalue weighted by molar-refractivity contribution is -0.133. The maximum absolute atomic E-state index is 12.4. The van der Waals surface area contributed by atoms with Crippen molar-refractivity contribution in [2.45, 2.75) is 51.0 Å². The van der Waals surface area contributed by atoms with E-state index in [1.165, 1.54) is 32.1 Å². The zero-order chi connectivity index (χ0) is 17.6. The largest absolute Gasteiger partial charge is 0.340 e. The third kappa shape index (κ3) is 5.05. The summed E-state index contributed by atoms with van der Waals surface area (Å²) in [5.74, 6) is 0.108. The topological polar surface area (TPSA) is 40.6 Å². The molecular formula is C20H27ClN2O2. The number of piperazine rings is 1. The fourth-order valence-electron chi connectivity index (χ4n) is 3.94. The van der Waals surface area contributed by atoms with Crippen LogP contribution in [0, 0.1) is 0 Å². The Morgan fingerprint density at radius 1 is 0.920 bits per heavy atom. The van der Waals surface area contributed by atoms with Gasteiger partial charge in [-0.25, -0.2) is 0 Å². The number of rotatable bonds is 5. The lowest BCUT2D eigenvalue weighted by atomic mass is 9.94. The predicted octanol–water partition coefficient (Wildman–Crippen LogP) is 3.78. The van der Waals surface area contributed by atoms with E-state index in [4.69, 9.17) is 11.6 Å². The Kier molecular flexibility index (Phi) is 6.49. The SMILES string of the molecule is O=C(CCC(=O)N1CCN(C2CCCCC2)CC1)c1ccc(Cl)cc1. The second-order valence-corrected chi connectivity index (χ2v) is 7.58. The van der Waals surface area contributed by atoms with Crippen molar-refractivity contribution in [2.24, 2.45) is 0 Å². The first-order valence-corrected chi connectivity index (χ1v) is 9.82. The molecule has 1 aromatic carbocycles. The van der Waals surface area contributed by atoms with Crippen LogP contribution >= 0.6 is 11.6 Å². The molecule has 0 atom stereocenters. The first-order valence-electron chi connectivity index (χ1n) is 9.44. The summed E-state index contributed by atoms with van der Waals surface area (Å²) in [5.41, 5.74) is 0.624. The van der Waals surface area contributed by atoms with Gasteiger partial charge in [-0.3, -0.25) is 14.5 Å². The Bertz CT molecular complexity index is 588. The zero-order valence-corrected chi connectivity index (χ0v) is 15.5. The second-order valence-electron chi connectivity index (χ2n) is 7.14. The maximum Gasteiger partial charge on any atom is 0.223 e. The Balaban J connectivity index is 1.41. The summed E-state index contributed by atoms with van der Waals surface area (Å²) >= 11 is 5.84. The molecule has 0 bridgehead atoms. The van der Waals surface area contributed by atoms with Crippen LogP contribution < -0.4 is 0 Å². The standard InChI is InChI=1S/C20H27ClN2O2/c21-17-8-6-16(7-9-17)19(24)10-11-20(25)23-14-12-22(13-15-23)18-4-2-1-3-5-18/h6-9,18H,1-5,10-15H2. The smallest absolute Gasteiger partial charge is 0.223 e. The number of amides is 1. The molecule has 0 spiro atoms. The maximum atomic E-state index is 12.4. The van der Waals surface area contributed by atoms with Gasteiger partial charge < -0.3 is 4.90 Å². The first-order chi connectivity index (χ1) is 12.1. The normalized spacial score (nSPS) is 19.8. The van der Waals surface area contributed by atoms with Gasteiger partial charge in [0.1, 0.15) is 0 Å². The van der Waals surface area contributed by atoms with Crippen LogP contribution in [-0.4, -0.2) is 53.7 Å². The number of nitrogens with zero attached hydrogens (tertiary/aromatic N) is 2. The van der Waals surface area contributed by atoms with Gasteiger partial charge in [0.15, 0.2) is 5.78 Å². The predicted molar refractivity (Wildman–Crippen MR) is 100 cm³/mol. The van der Waals surface area contributed by atoms with Crippen molar-refractivity contribution in [3.63, 3.8) is 0 Å². The van der Waals surface area contributed by atoms with Crippen LogP contribution in [-0.2, 0) is 4.79 Å². The van der Waals surface area contributed by atoms with Gasteiger partial charge in [0, 0.05) is 55.6 Å². The number of ketones is 1. The van der Waals surface area contributed by atoms with Crippen LogP contribution in [0.15, 0.2) is 24.3 Å². The van der Waals surface area contributed by atoms with Gasteiger partial charge in [0.25, 0.3) is 0 Å². The van der Waals surface area contributed by atoms with E-state index in [9.17, 15) is 9.59 Å². The molecule has 1 saturated carbocycles. The number of halogens is 1. The summed E-state index contributed by atoms with van der Waals surface area (Å²) in [6, 6.07) is 7.58. The van der Waals surface area contributed by atoms with E-state index in [1.54, 1.807) is 24.3 Å². The van der Waals surface area contributed by atoms with Crippen molar-refractivity contribution < 1.29 is 9.59 Å². The van der Waals surface area contributed by atoms with E-state index < -0.39 is 0 Å². The first kappa shape index (κ1) is 18.4. The number of carbonyl (C=O) groups excluding carboxylic acids is 2. The fraction of sp³-hybridized carbons (Fsp3) is 0.600. The molecule has 1 heterocycles. The van der Waals surface area contributed by atoms with E-state index >= 15 is 0 Å². The van der Waals surface area contributed by atoms with Crippen LogP contribution in [0.25, 0.3) is 0 Å². The monoisotopic (exact) mass is 362 g/mol. The minimum absolute atomic E-state index is 0.00542. The summed E-state index contributed by atoms with van der Waals surface area (Å²) in [6.45, 7) is 3.54. The van der Waals surface area contributed by atoms with Crippen molar-refractivity contribution in [2.75, 3.05) is 26.2 Å². The van der Waals surface area contributed by atoms with Crippen LogP contribution in [0.5, 0.6) is 0 Å². The molecule has 0 radical (unpaired) electrons. The van der Waals surface area contributed by atoms with Gasteiger partial charge in [0.2, 0.25) is 5.91 Å². The Morgan fingerprint density at radius 3 is 2.20 bits per heavy atom. The molecule has 0 unspecified atom stereocenters. The molecule has 1 amide bonds. The molecule has 136 valence electrons. The van der Waals surface area contributed by atoms with Crippen LogP contribution in [0.3, 0.4) is 0 Å². The summed E-state index contributed by atoms with van der Waals surface area (Å²) < 4.78 is 0. The van der Waals surface area contributed by atoms with Gasteiger partial charge in [-0.2, -0.15) is 0 Å². The Morgan fingerprint density at radius 2 is 1.56 bits per heavy atom. The highest BCUT2D eigenvalue weighted by Gasteiger charge is 2.27. The quantitative estimate of drug-likeness (QED) is 0.748. The molecular weight excluding hydrogens is 336 g/mol. The lowest BCUT2D eigenvalue weighted by Crippen LogP contribution is -2.52. The van der Waals surface area contributed by atoms with Crippen molar-refractivity contribution in [1.29, 1.82) is 0 Å². The molecule has 1 saturated heterocycles. The second kappa shape index (κ2) is 8.81. The minimum Gasteiger partial charge on any atom is -0.340 e. The molecule has 1 aliphatic carbocycles. The number of hydrogen-bond acceptors (Lipinski definition) is 3. The van der Waals surface area contributed by atoms with Gasteiger partial charge in [-0.1, -0.05) is 30.9 Å². The molecule has 0 N–H and O–H groups in total. The molecule has 25 heavy (non-hydrogen) atoms. The van der Waals surface area contributed by atoms with Crippen molar-refractivity contribution >= 4 is 23.3 Å². The highest BCUT2D eigenvalue weighted by molar-refractivity contribution is 6.30. The summed E-state index contributed by atoms with van der Waals surface area (Å²) in [5, 5.41) is 0.614. The molecule has 1 aliphatic heterocycles. The number of hydrogen-bond donors (Lipinski definition) is 0. The third-order valence-corrected chi connectivity index (χ3v) is 5.74. The Hall–Kier alpha value is -1.39. The van der Waals surface area contributed by atoms with E-state index in [0.717, 1.165) is 32.2 Å². The molecule has 0 aromatic heterocycles. The highest BCUT2D eigenvalue weighted by Crippen LogP contribution is 2.23. The lowest BCUT2D eigenvalue weighted by Gasteiger charge is -2.40. The van der Waals surface area contributed by atoms with Crippen molar-refractivity contribution in [3.05, 3.63) is 34.9 Å². The van der Waals surface area contributed by atoms with E-state index in [-0.39, 0.29) is 18.1 Å². The average molecular weight is 363 g/mol. The van der Waals surface area contributed by atoms with Crippen molar-refractivity contribution in [1.82, 2.24) is 9.80 Å². The molecule has 2 fully saturated rings. The summed E-state index contributed by atoms with van der Waals surface area (Å²) in [4.78, 5) is 29.1. The number of Topliss-reactive ketones (excluding diaryl/α,β-unsaturated/α-hetero) is 1. The third-order valence-electron chi connectivity index (χ3n) is 5.49. The highest BCUT2D eigenvalue weighted by atomic mass is 35.5. The molecule has 2 aliphatic rings. The number of benzene rings is 1. The molecule has 3 rings (SSSR count). The molecule has 1 aromatic rings. The van der Waals surface area contributed by atoms with Crippen LogP contribution in [0.2, 0.25) is 5.02 Å². The number of carbonyl (C=O) groups is 2. The molecule has 4 nitrogen and oxygen atoms in total.